The molecule has 0 aromatic rings. The first-order valence-electron chi connectivity index (χ1n) is 5.27. The molecule has 0 aromatic carbocycles. The molecule has 1 aliphatic rings. The molecule has 0 atom stereocenters. The van der Waals surface area contributed by atoms with Crippen LogP contribution in [0.4, 0.5) is 0 Å². The third-order valence-electron chi connectivity index (χ3n) is 2.76. The molecule has 0 saturated carbocycles. The van der Waals surface area contributed by atoms with Crippen molar-refractivity contribution in [2.24, 2.45) is 0 Å². The number of carboxylic acid groups (broad SMARTS) is 1. The summed E-state index contributed by atoms with van der Waals surface area (Å²) in [6, 6.07) is 0. The van der Waals surface area contributed by atoms with Crippen molar-refractivity contribution in [3.05, 3.63) is 0 Å². The van der Waals surface area contributed by atoms with Crippen LogP contribution < -0.4 is 5.32 Å². The maximum atomic E-state index is 11.8. The number of carbonyl (C=O) groups excluding carboxylic acids is 1. The van der Waals surface area contributed by atoms with Crippen LogP contribution in [0.5, 0.6) is 0 Å². The monoisotopic (exact) mass is 230 g/mol. The Morgan fingerprint density at radius 3 is 2.44 bits per heavy atom. The molecule has 0 aromatic heterocycles. The second-order valence-electron chi connectivity index (χ2n) is 4.23. The molecule has 0 bridgehead atoms. The van der Waals surface area contributed by atoms with Crippen molar-refractivity contribution in [3.8, 4) is 0 Å². The van der Waals surface area contributed by atoms with Crippen LogP contribution >= 0.6 is 0 Å². The van der Waals surface area contributed by atoms with Gasteiger partial charge in [-0.2, -0.15) is 0 Å². The predicted molar refractivity (Wildman–Crippen MR) is 57.1 cm³/mol. The summed E-state index contributed by atoms with van der Waals surface area (Å²) >= 11 is 0. The molecule has 1 amide bonds. The molecule has 6 heteroatoms. The normalized spacial score (nSPS) is 18.1. The fraction of sp³-hybridized carbons (Fsp3) is 0.800. The van der Waals surface area contributed by atoms with Crippen LogP contribution in [-0.4, -0.2) is 60.3 Å². The van der Waals surface area contributed by atoms with Crippen LogP contribution in [0.2, 0.25) is 0 Å². The first kappa shape index (κ1) is 12.9. The summed E-state index contributed by atoms with van der Waals surface area (Å²) in [4.78, 5) is 24.2. The lowest BCUT2D eigenvalue weighted by Gasteiger charge is -2.39. The number of nitrogens with one attached hydrogen (secondary N) is 1. The van der Waals surface area contributed by atoms with Gasteiger partial charge in [-0.05, 0) is 13.8 Å². The minimum atomic E-state index is -1.04. The van der Waals surface area contributed by atoms with Gasteiger partial charge < -0.3 is 15.2 Å². The van der Waals surface area contributed by atoms with Gasteiger partial charge in [0.15, 0.2) is 0 Å². The molecule has 0 radical (unpaired) electrons. The fourth-order valence-electron chi connectivity index (χ4n) is 1.64. The van der Waals surface area contributed by atoms with Gasteiger partial charge in [-0.1, -0.05) is 0 Å². The number of amides is 1. The standard InChI is InChI=1S/C10H18N2O4/c1-10(2,9(15)11-7-8(13)14)12-3-5-16-6-4-12/h3-7H2,1-2H3,(H,11,15)(H,13,14). The summed E-state index contributed by atoms with van der Waals surface area (Å²) in [5.74, 6) is -1.30. The lowest BCUT2D eigenvalue weighted by molar-refractivity contribution is -0.141. The van der Waals surface area contributed by atoms with Gasteiger partial charge in [0.1, 0.15) is 6.54 Å². The highest BCUT2D eigenvalue weighted by molar-refractivity contribution is 5.88. The Labute approximate surface area is 94.6 Å². The number of rotatable bonds is 4. The van der Waals surface area contributed by atoms with E-state index in [1.165, 1.54) is 0 Å². The van der Waals surface area contributed by atoms with Gasteiger partial charge in [-0.3, -0.25) is 14.5 Å². The van der Waals surface area contributed by atoms with Gasteiger partial charge >= 0.3 is 5.97 Å². The van der Waals surface area contributed by atoms with Crippen molar-refractivity contribution in [1.82, 2.24) is 10.2 Å². The van der Waals surface area contributed by atoms with Crippen LogP contribution in [-0.2, 0) is 14.3 Å². The maximum absolute atomic E-state index is 11.8. The third-order valence-corrected chi connectivity index (χ3v) is 2.76. The van der Waals surface area contributed by atoms with Gasteiger partial charge in [0.05, 0.1) is 18.8 Å². The van der Waals surface area contributed by atoms with Crippen LogP contribution in [0.15, 0.2) is 0 Å². The number of hydrogen-bond donors (Lipinski definition) is 2. The van der Waals surface area contributed by atoms with E-state index in [0.29, 0.717) is 26.3 Å². The lowest BCUT2D eigenvalue weighted by atomic mass is 10.0. The molecular formula is C10H18N2O4. The molecule has 0 aliphatic carbocycles. The average molecular weight is 230 g/mol. The summed E-state index contributed by atoms with van der Waals surface area (Å²) in [6.07, 6.45) is 0. The van der Waals surface area contributed by atoms with E-state index < -0.39 is 11.5 Å². The Morgan fingerprint density at radius 2 is 1.94 bits per heavy atom. The average Bonchev–Trinajstić information content (AvgIpc) is 2.27. The van der Waals surface area contributed by atoms with E-state index in [9.17, 15) is 9.59 Å². The Balaban J connectivity index is 2.53. The van der Waals surface area contributed by atoms with Crippen molar-refractivity contribution in [1.29, 1.82) is 0 Å². The number of carbonyl (C=O) groups is 2. The molecule has 6 nitrogen and oxygen atoms in total. The molecule has 1 saturated heterocycles. The Bertz CT molecular complexity index is 272. The number of hydrogen-bond acceptors (Lipinski definition) is 4. The summed E-state index contributed by atoms with van der Waals surface area (Å²) in [5.41, 5.74) is -0.695. The number of morpholine rings is 1. The summed E-state index contributed by atoms with van der Waals surface area (Å²) in [6.45, 7) is 5.82. The molecule has 0 spiro atoms. The fourth-order valence-corrected chi connectivity index (χ4v) is 1.64. The zero-order valence-corrected chi connectivity index (χ0v) is 9.65. The highest BCUT2D eigenvalue weighted by Gasteiger charge is 2.35. The van der Waals surface area contributed by atoms with Crippen LogP contribution in [0.1, 0.15) is 13.8 Å². The first-order valence-corrected chi connectivity index (χ1v) is 5.27. The van der Waals surface area contributed by atoms with Crippen LogP contribution in [0.25, 0.3) is 0 Å². The zero-order chi connectivity index (χ0) is 12.2. The van der Waals surface area contributed by atoms with Gasteiger partial charge in [0, 0.05) is 13.1 Å². The van der Waals surface area contributed by atoms with E-state index in [4.69, 9.17) is 9.84 Å². The van der Waals surface area contributed by atoms with E-state index in [1.54, 1.807) is 13.8 Å². The molecule has 1 aliphatic heterocycles. The van der Waals surface area contributed by atoms with E-state index in [0.717, 1.165) is 0 Å². The molecule has 0 unspecified atom stereocenters. The number of ether oxygens (including phenoxy) is 1. The van der Waals surface area contributed by atoms with Crippen LogP contribution in [0, 0.1) is 0 Å². The molecular weight excluding hydrogens is 212 g/mol. The van der Waals surface area contributed by atoms with E-state index in [1.807, 2.05) is 4.90 Å². The number of carboxylic acids is 1. The van der Waals surface area contributed by atoms with E-state index in [2.05, 4.69) is 5.32 Å². The van der Waals surface area contributed by atoms with Crippen molar-refractivity contribution in [2.45, 2.75) is 19.4 Å². The maximum Gasteiger partial charge on any atom is 0.322 e. The lowest BCUT2D eigenvalue weighted by Crippen LogP contribution is -2.58. The summed E-state index contributed by atoms with van der Waals surface area (Å²) < 4.78 is 5.21. The summed E-state index contributed by atoms with van der Waals surface area (Å²) in [5, 5.41) is 10.9. The van der Waals surface area contributed by atoms with Crippen molar-refractivity contribution in [2.75, 3.05) is 32.8 Å². The quantitative estimate of drug-likeness (QED) is 0.667. The molecule has 16 heavy (non-hydrogen) atoms. The zero-order valence-electron chi connectivity index (χ0n) is 9.65. The smallest absolute Gasteiger partial charge is 0.322 e. The third kappa shape index (κ3) is 3.18. The second-order valence-corrected chi connectivity index (χ2v) is 4.23. The second kappa shape index (κ2) is 5.27. The van der Waals surface area contributed by atoms with Crippen molar-refractivity contribution >= 4 is 11.9 Å². The highest BCUT2D eigenvalue weighted by atomic mass is 16.5. The predicted octanol–water partition coefficient (Wildman–Crippen LogP) is -0.702. The molecule has 1 fully saturated rings. The summed E-state index contributed by atoms with van der Waals surface area (Å²) in [7, 11) is 0. The van der Waals surface area contributed by atoms with Gasteiger partial charge in [-0.15, -0.1) is 0 Å². The Kier molecular flexibility index (Phi) is 4.26. The van der Waals surface area contributed by atoms with Gasteiger partial charge in [-0.25, -0.2) is 0 Å². The Hall–Kier alpha value is -1.14. The number of aliphatic carboxylic acids is 1. The molecule has 1 heterocycles. The van der Waals surface area contributed by atoms with Crippen molar-refractivity contribution in [3.63, 3.8) is 0 Å². The van der Waals surface area contributed by atoms with E-state index >= 15 is 0 Å². The van der Waals surface area contributed by atoms with E-state index in [-0.39, 0.29) is 12.5 Å². The largest absolute Gasteiger partial charge is 0.480 e. The molecule has 1 rings (SSSR count). The SMILES string of the molecule is CC(C)(C(=O)NCC(=O)O)N1CCOCC1. The minimum Gasteiger partial charge on any atom is -0.480 e. The molecule has 2 N–H and O–H groups in total. The topological polar surface area (TPSA) is 78.9 Å². The van der Waals surface area contributed by atoms with Crippen LogP contribution in [0.3, 0.4) is 0 Å². The minimum absolute atomic E-state index is 0.267. The highest BCUT2D eigenvalue weighted by Crippen LogP contribution is 2.16. The van der Waals surface area contributed by atoms with Crippen molar-refractivity contribution < 1.29 is 19.4 Å². The van der Waals surface area contributed by atoms with Gasteiger partial charge in [0.2, 0.25) is 5.91 Å². The molecule has 92 valence electrons. The first-order chi connectivity index (χ1) is 7.44. The number of nitrogens with zero attached hydrogens (tertiary/aromatic N) is 1. The van der Waals surface area contributed by atoms with Gasteiger partial charge in [0.25, 0.3) is 0 Å². The Morgan fingerprint density at radius 1 is 1.38 bits per heavy atom.